The molecule has 0 heterocycles. The van der Waals surface area contributed by atoms with Crippen LogP contribution < -0.4 is 5.73 Å². The maximum absolute atomic E-state index is 5.80. The fraction of sp³-hybridized carbons (Fsp3) is 0.333. The molecule has 68 valence electrons. The molecule has 1 aromatic rings. The Morgan fingerprint density at radius 3 is 2.77 bits per heavy atom. The summed E-state index contributed by atoms with van der Waals surface area (Å²) in [7, 11) is 0. The molecule has 0 spiro atoms. The summed E-state index contributed by atoms with van der Waals surface area (Å²) in [5, 5.41) is 0. The van der Waals surface area contributed by atoms with Crippen molar-refractivity contribution in [1.82, 2.24) is 0 Å². The van der Waals surface area contributed by atoms with Gasteiger partial charge < -0.3 is 5.73 Å². The van der Waals surface area contributed by atoms with Gasteiger partial charge in [0.15, 0.2) is 0 Å². The average molecular weight is 173 g/mol. The van der Waals surface area contributed by atoms with Crippen molar-refractivity contribution in [1.29, 1.82) is 0 Å². The largest absolute Gasteiger partial charge is 0.398 e. The molecule has 0 saturated heterocycles. The van der Waals surface area contributed by atoms with Gasteiger partial charge in [-0.2, -0.15) is 0 Å². The van der Waals surface area contributed by atoms with Crippen LogP contribution in [-0.2, 0) is 0 Å². The molecule has 1 saturated carbocycles. The maximum atomic E-state index is 5.80. The Morgan fingerprint density at radius 1 is 1.31 bits per heavy atom. The van der Waals surface area contributed by atoms with E-state index in [4.69, 9.17) is 5.73 Å². The van der Waals surface area contributed by atoms with E-state index in [-0.39, 0.29) is 0 Å². The normalized spacial score (nSPS) is 16.6. The van der Waals surface area contributed by atoms with Crippen LogP contribution in [0.15, 0.2) is 30.3 Å². The van der Waals surface area contributed by atoms with Crippen LogP contribution >= 0.6 is 0 Å². The molecule has 1 nitrogen and oxygen atoms in total. The van der Waals surface area contributed by atoms with Crippen molar-refractivity contribution in [3.63, 3.8) is 0 Å². The van der Waals surface area contributed by atoms with Crippen LogP contribution in [0.2, 0.25) is 0 Å². The Labute approximate surface area is 79.3 Å². The second kappa shape index (κ2) is 3.65. The fourth-order valence-corrected chi connectivity index (χ4v) is 1.40. The summed E-state index contributed by atoms with van der Waals surface area (Å²) in [5.74, 6) is 0.959. The van der Waals surface area contributed by atoms with Crippen LogP contribution in [0, 0.1) is 5.92 Å². The first kappa shape index (κ1) is 8.36. The minimum Gasteiger partial charge on any atom is -0.398 e. The van der Waals surface area contributed by atoms with Crippen molar-refractivity contribution in [3.8, 4) is 0 Å². The predicted molar refractivity (Wildman–Crippen MR) is 57.2 cm³/mol. The summed E-state index contributed by atoms with van der Waals surface area (Å²) < 4.78 is 0. The average Bonchev–Trinajstić information content (AvgIpc) is 2.92. The quantitative estimate of drug-likeness (QED) is 0.698. The number of anilines is 1. The molecule has 13 heavy (non-hydrogen) atoms. The van der Waals surface area contributed by atoms with E-state index in [0.717, 1.165) is 17.2 Å². The lowest BCUT2D eigenvalue weighted by atomic mass is 10.1. The van der Waals surface area contributed by atoms with Crippen LogP contribution in [0.1, 0.15) is 24.8 Å². The SMILES string of the molecule is Nc1ccccc1C=CCC1CC1. The van der Waals surface area contributed by atoms with Gasteiger partial charge in [0.25, 0.3) is 0 Å². The molecule has 0 aromatic heterocycles. The van der Waals surface area contributed by atoms with Crippen LogP contribution in [0.25, 0.3) is 6.08 Å². The zero-order chi connectivity index (χ0) is 9.10. The van der Waals surface area contributed by atoms with Crippen molar-refractivity contribution in [2.75, 3.05) is 5.73 Å². The number of hydrogen-bond acceptors (Lipinski definition) is 1. The molecule has 1 aromatic carbocycles. The lowest BCUT2D eigenvalue weighted by Crippen LogP contribution is -1.87. The molecule has 0 atom stereocenters. The third-order valence-corrected chi connectivity index (χ3v) is 2.46. The molecule has 2 N–H and O–H groups in total. The first-order chi connectivity index (χ1) is 6.36. The Bertz CT molecular complexity index is 311. The van der Waals surface area contributed by atoms with E-state index >= 15 is 0 Å². The van der Waals surface area contributed by atoms with Gasteiger partial charge in [-0.1, -0.05) is 30.4 Å². The van der Waals surface area contributed by atoms with E-state index in [0.29, 0.717) is 0 Å². The van der Waals surface area contributed by atoms with Crippen molar-refractivity contribution < 1.29 is 0 Å². The zero-order valence-corrected chi connectivity index (χ0v) is 7.74. The predicted octanol–water partition coefficient (Wildman–Crippen LogP) is 3.08. The lowest BCUT2D eigenvalue weighted by molar-refractivity contribution is 0.866. The monoisotopic (exact) mass is 173 g/mol. The Kier molecular flexibility index (Phi) is 2.35. The number of hydrogen-bond donors (Lipinski definition) is 1. The highest BCUT2D eigenvalue weighted by molar-refractivity contribution is 5.63. The number of nitrogens with two attached hydrogens (primary N) is 1. The van der Waals surface area contributed by atoms with Crippen LogP contribution in [-0.4, -0.2) is 0 Å². The Hall–Kier alpha value is -1.24. The summed E-state index contributed by atoms with van der Waals surface area (Å²) in [6.45, 7) is 0. The van der Waals surface area contributed by atoms with E-state index in [9.17, 15) is 0 Å². The van der Waals surface area contributed by atoms with E-state index in [1.165, 1.54) is 19.3 Å². The molecule has 0 bridgehead atoms. The number of benzene rings is 1. The zero-order valence-electron chi connectivity index (χ0n) is 7.74. The van der Waals surface area contributed by atoms with Gasteiger partial charge in [-0.15, -0.1) is 0 Å². The molecule has 0 radical (unpaired) electrons. The molecular formula is C12H15N. The van der Waals surface area contributed by atoms with Crippen molar-refractivity contribution in [3.05, 3.63) is 35.9 Å². The number of para-hydroxylation sites is 1. The Balaban J connectivity index is 1.99. The fourth-order valence-electron chi connectivity index (χ4n) is 1.40. The summed E-state index contributed by atoms with van der Waals surface area (Å²) in [6.07, 6.45) is 8.41. The molecule has 1 heteroatoms. The molecule has 1 aliphatic rings. The maximum Gasteiger partial charge on any atom is 0.0387 e. The topological polar surface area (TPSA) is 26.0 Å². The summed E-state index contributed by atoms with van der Waals surface area (Å²) in [5.41, 5.74) is 7.81. The highest BCUT2D eigenvalue weighted by Crippen LogP contribution is 2.32. The highest BCUT2D eigenvalue weighted by atomic mass is 14.5. The van der Waals surface area contributed by atoms with Crippen LogP contribution in [0.5, 0.6) is 0 Å². The molecule has 0 amide bonds. The van der Waals surface area contributed by atoms with Gasteiger partial charge in [0, 0.05) is 5.69 Å². The standard InChI is InChI=1S/C12H15N/c13-12-7-2-1-5-11(12)6-3-4-10-8-9-10/h1-3,5-7,10H,4,8-9,13H2. The van der Waals surface area contributed by atoms with Gasteiger partial charge in [0.2, 0.25) is 0 Å². The first-order valence-electron chi connectivity index (χ1n) is 4.87. The first-order valence-corrected chi connectivity index (χ1v) is 4.87. The molecule has 1 aliphatic carbocycles. The minimum absolute atomic E-state index is 0.870. The van der Waals surface area contributed by atoms with Crippen LogP contribution in [0.4, 0.5) is 5.69 Å². The second-order valence-electron chi connectivity index (χ2n) is 3.71. The number of rotatable bonds is 3. The van der Waals surface area contributed by atoms with Gasteiger partial charge in [-0.25, -0.2) is 0 Å². The molecule has 0 aliphatic heterocycles. The van der Waals surface area contributed by atoms with Crippen molar-refractivity contribution in [2.45, 2.75) is 19.3 Å². The van der Waals surface area contributed by atoms with Crippen LogP contribution in [0.3, 0.4) is 0 Å². The lowest BCUT2D eigenvalue weighted by Gasteiger charge is -1.97. The third-order valence-electron chi connectivity index (χ3n) is 2.46. The highest BCUT2D eigenvalue weighted by Gasteiger charge is 2.18. The minimum atomic E-state index is 0.870. The van der Waals surface area contributed by atoms with E-state index in [1.54, 1.807) is 0 Å². The second-order valence-corrected chi connectivity index (χ2v) is 3.71. The molecule has 2 rings (SSSR count). The summed E-state index contributed by atoms with van der Waals surface area (Å²) in [4.78, 5) is 0. The van der Waals surface area contributed by atoms with Gasteiger partial charge in [-0.3, -0.25) is 0 Å². The van der Waals surface area contributed by atoms with E-state index in [1.807, 2.05) is 18.2 Å². The van der Waals surface area contributed by atoms with Crippen molar-refractivity contribution >= 4 is 11.8 Å². The number of nitrogen functional groups attached to an aromatic ring is 1. The molecule has 0 unspecified atom stereocenters. The van der Waals surface area contributed by atoms with E-state index in [2.05, 4.69) is 18.2 Å². The Morgan fingerprint density at radius 2 is 2.08 bits per heavy atom. The van der Waals surface area contributed by atoms with Gasteiger partial charge in [0.1, 0.15) is 0 Å². The van der Waals surface area contributed by atoms with Gasteiger partial charge in [0.05, 0.1) is 0 Å². The summed E-state index contributed by atoms with van der Waals surface area (Å²) >= 11 is 0. The van der Waals surface area contributed by atoms with Crippen molar-refractivity contribution in [2.24, 2.45) is 5.92 Å². The summed E-state index contributed by atoms with van der Waals surface area (Å²) in [6, 6.07) is 7.98. The molecule has 1 fully saturated rings. The molecular weight excluding hydrogens is 158 g/mol. The smallest absolute Gasteiger partial charge is 0.0387 e. The van der Waals surface area contributed by atoms with Gasteiger partial charge in [-0.05, 0) is 36.8 Å². The third kappa shape index (κ3) is 2.35. The number of allylic oxidation sites excluding steroid dienone is 1. The van der Waals surface area contributed by atoms with Gasteiger partial charge >= 0.3 is 0 Å². The van der Waals surface area contributed by atoms with E-state index < -0.39 is 0 Å².